The number of rotatable bonds is 8. The first-order chi connectivity index (χ1) is 12.2. The van der Waals surface area contributed by atoms with Crippen LogP contribution in [-0.4, -0.2) is 0 Å². The van der Waals surface area contributed by atoms with E-state index in [1.165, 1.54) is 49.7 Å². The molecule has 132 valence electrons. The van der Waals surface area contributed by atoms with Crippen molar-refractivity contribution in [3.63, 3.8) is 0 Å². The fraction of sp³-hybridized carbons (Fsp3) is 0.440. The van der Waals surface area contributed by atoms with Crippen LogP contribution in [0.1, 0.15) is 75.1 Å². The van der Waals surface area contributed by atoms with Gasteiger partial charge < -0.3 is 0 Å². The molecule has 0 saturated carbocycles. The number of unbranched alkanes of at least 4 members (excludes halogenated alkanes) is 2. The average Bonchev–Trinajstić information content (AvgIpc) is 2.62. The first kappa shape index (κ1) is 19.3. The van der Waals surface area contributed by atoms with Crippen molar-refractivity contribution < 1.29 is 0 Å². The van der Waals surface area contributed by atoms with E-state index in [4.69, 9.17) is 0 Å². The molecule has 2 rings (SSSR count). The molecule has 25 heavy (non-hydrogen) atoms. The lowest BCUT2D eigenvalue weighted by molar-refractivity contribution is 0.527. The molecule has 0 amide bonds. The van der Waals surface area contributed by atoms with E-state index in [-0.39, 0.29) is 0 Å². The summed E-state index contributed by atoms with van der Waals surface area (Å²) >= 11 is 0. The molecule has 0 saturated heterocycles. The van der Waals surface area contributed by atoms with Gasteiger partial charge in [0.25, 0.3) is 0 Å². The van der Waals surface area contributed by atoms with Crippen molar-refractivity contribution >= 4 is 0 Å². The van der Waals surface area contributed by atoms with Crippen LogP contribution in [0, 0.1) is 17.8 Å². The van der Waals surface area contributed by atoms with Crippen LogP contribution in [-0.2, 0) is 12.8 Å². The van der Waals surface area contributed by atoms with Gasteiger partial charge in [-0.1, -0.05) is 82.6 Å². The number of hydrogen-bond donors (Lipinski definition) is 0. The smallest absolute Gasteiger partial charge is 0.0249 e. The number of hydrogen-bond acceptors (Lipinski definition) is 0. The van der Waals surface area contributed by atoms with Crippen LogP contribution in [0.15, 0.2) is 48.5 Å². The van der Waals surface area contributed by atoms with Gasteiger partial charge in [0.2, 0.25) is 0 Å². The molecule has 0 aliphatic rings. The zero-order valence-electron chi connectivity index (χ0n) is 16.1. The highest BCUT2D eigenvalue weighted by atomic mass is 14.0. The Morgan fingerprint density at radius 3 is 1.68 bits per heavy atom. The lowest BCUT2D eigenvalue weighted by Crippen LogP contribution is -1.89. The first-order valence-corrected chi connectivity index (χ1v) is 9.87. The second-order valence-corrected chi connectivity index (χ2v) is 7.39. The highest BCUT2D eigenvalue weighted by Gasteiger charge is 1.97. The summed E-state index contributed by atoms with van der Waals surface area (Å²) in [5.74, 6) is 7.38. The maximum Gasteiger partial charge on any atom is 0.0249 e. The Labute approximate surface area is 154 Å². The third kappa shape index (κ3) is 7.61. The molecule has 0 nitrogen and oxygen atoms in total. The van der Waals surface area contributed by atoms with Gasteiger partial charge in [-0.25, -0.2) is 0 Å². The van der Waals surface area contributed by atoms with Crippen molar-refractivity contribution in [1.82, 2.24) is 0 Å². The topological polar surface area (TPSA) is 0 Å². The third-order valence-electron chi connectivity index (χ3n) is 4.54. The van der Waals surface area contributed by atoms with Crippen molar-refractivity contribution in [2.24, 2.45) is 5.92 Å². The second kappa shape index (κ2) is 10.8. The standard InChI is InChI=1S/C25H32/c1-4-8-22-11-15-24(16-12-22)19-20-25-17-13-23(14-18-25)10-7-5-6-9-21(2)3/h11-18,21H,4-10H2,1-3H3. The Morgan fingerprint density at radius 2 is 1.20 bits per heavy atom. The normalized spacial score (nSPS) is 10.6. The van der Waals surface area contributed by atoms with Gasteiger partial charge in [-0.3, -0.25) is 0 Å². The number of benzene rings is 2. The van der Waals surface area contributed by atoms with Crippen molar-refractivity contribution in [1.29, 1.82) is 0 Å². The van der Waals surface area contributed by atoms with Crippen LogP contribution in [0.25, 0.3) is 0 Å². The molecule has 0 unspecified atom stereocenters. The van der Waals surface area contributed by atoms with Crippen molar-refractivity contribution in [2.75, 3.05) is 0 Å². The predicted molar refractivity (Wildman–Crippen MR) is 110 cm³/mol. The molecule has 2 aromatic carbocycles. The van der Waals surface area contributed by atoms with Crippen LogP contribution >= 0.6 is 0 Å². The van der Waals surface area contributed by atoms with E-state index in [0.29, 0.717) is 0 Å². The van der Waals surface area contributed by atoms with Crippen LogP contribution in [0.3, 0.4) is 0 Å². The van der Waals surface area contributed by atoms with Gasteiger partial charge in [-0.15, -0.1) is 0 Å². The molecule has 0 N–H and O–H groups in total. The molecule has 0 atom stereocenters. The van der Waals surface area contributed by atoms with Gasteiger partial charge in [0.1, 0.15) is 0 Å². The second-order valence-electron chi connectivity index (χ2n) is 7.39. The Balaban J connectivity index is 1.82. The van der Waals surface area contributed by atoms with Gasteiger partial charge in [0, 0.05) is 11.1 Å². The van der Waals surface area contributed by atoms with E-state index in [9.17, 15) is 0 Å². The van der Waals surface area contributed by atoms with Crippen LogP contribution < -0.4 is 0 Å². The SMILES string of the molecule is CCCc1ccc(C#Cc2ccc(CCCCCC(C)C)cc2)cc1. The zero-order chi connectivity index (χ0) is 17.9. The third-order valence-corrected chi connectivity index (χ3v) is 4.54. The molecular formula is C25H32. The van der Waals surface area contributed by atoms with Crippen LogP contribution in [0.2, 0.25) is 0 Å². The minimum absolute atomic E-state index is 0.834. The summed E-state index contributed by atoms with van der Waals surface area (Å²) in [6.07, 6.45) is 8.87. The van der Waals surface area contributed by atoms with E-state index in [1.54, 1.807) is 0 Å². The highest BCUT2D eigenvalue weighted by Crippen LogP contribution is 2.12. The lowest BCUT2D eigenvalue weighted by Gasteiger charge is -2.04. The molecule has 0 aliphatic carbocycles. The van der Waals surface area contributed by atoms with E-state index < -0.39 is 0 Å². The predicted octanol–water partition coefficient (Wildman–Crippen LogP) is 6.80. The van der Waals surface area contributed by atoms with Gasteiger partial charge in [-0.2, -0.15) is 0 Å². The maximum atomic E-state index is 3.28. The molecule has 0 heterocycles. The zero-order valence-corrected chi connectivity index (χ0v) is 16.1. The van der Waals surface area contributed by atoms with Crippen molar-refractivity contribution in [3.05, 3.63) is 70.8 Å². The Bertz CT molecular complexity index is 663. The monoisotopic (exact) mass is 332 g/mol. The average molecular weight is 333 g/mol. The Hall–Kier alpha value is -2.00. The van der Waals surface area contributed by atoms with Gasteiger partial charge in [0.15, 0.2) is 0 Å². The van der Waals surface area contributed by atoms with E-state index in [0.717, 1.165) is 23.5 Å². The molecule has 0 spiro atoms. The minimum atomic E-state index is 0.834. The molecule has 0 radical (unpaired) electrons. The summed E-state index contributed by atoms with van der Waals surface area (Å²) in [7, 11) is 0. The summed E-state index contributed by atoms with van der Waals surface area (Å²) in [5.41, 5.74) is 5.01. The first-order valence-electron chi connectivity index (χ1n) is 9.87. The molecule has 0 aromatic heterocycles. The molecule has 0 bridgehead atoms. The maximum absolute atomic E-state index is 3.28. The van der Waals surface area contributed by atoms with E-state index in [2.05, 4.69) is 81.1 Å². The summed E-state index contributed by atoms with van der Waals surface area (Å²) < 4.78 is 0. The molecule has 0 fully saturated rings. The van der Waals surface area contributed by atoms with Crippen molar-refractivity contribution in [2.45, 2.75) is 65.7 Å². The van der Waals surface area contributed by atoms with Crippen molar-refractivity contribution in [3.8, 4) is 11.8 Å². The Morgan fingerprint density at radius 1 is 0.680 bits per heavy atom. The molecule has 0 heteroatoms. The van der Waals surface area contributed by atoms with Crippen LogP contribution in [0.5, 0.6) is 0 Å². The largest absolute Gasteiger partial charge is 0.0651 e. The summed E-state index contributed by atoms with van der Waals surface area (Å²) in [4.78, 5) is 0. The quantitative estimate of drug-likeness (QED) is 0.368. The minimum Gasteiger partial charge on any atom is -0.0651 e. The summed E-state index contributed by atoms with van der Waals surface area (Å²) in [5, 5.41) is 0. The number of aryl methyl sites for hydroxylation is 2. The fourth-order valence-corrected chi connectivity index (χ4v) is 3.00. The molecular weight excluding hydrogens is 300 g/mol. The summed E-state index contributed by atoms with van der Waals surface area (Å²) in [6.45, 7) is 6.82. The van der Waals surface area contributed by atoms with Gasteiger partial charge in [0.05, 0.1) is 0 Å². The van der Waals surface area contributed by atoms with Gasteiger partial charge in [-0.05, 0) is 60.6 Å². The summed E-state index contributed by atoms with van der Waals surface area (Å²) in [6, 6.07) is 17.4. The highest BCUT2D eigenvalue weighted by molar-refractivity contribution is 5.44. The Kier molecular flexibility index (Phi) is 8.33. The van der Waals surface area contributed by atoms with E-state index in [1.807, 2.05) is 0 Å². The fourth-order valence-electron chi connectivity index (χ4n) is 3.00. The van der Waals surface area contributed by atoms with Gasteiger partial charge >= 0.3 is 0 Å². The van der Waals surface area contributed by atoms with E-state index >= 15 is 0 Å². The van der Waals surface area contributed by atoms with Crippen LogP contribution in [0.4, 0.5) is 0 Å². The lowest BCUT2D eigenvalue weighted by atomic mass is 10.0. The molecule has 0 aliphatic heterocycles. The molecule has 2 aromatic rings.